The lowest BCUT2D eigenvalue weighted by Gasteiger charge is -2.40. The van der Waals surface area contributed by atoms with Gasteiger partial charge in [-0.05, 0) is 19.3 Å². The topological polar surface area (TPSA) is 45.1 Å². The molecule has 3 nitrogen and oxygen atoms in total. The quantitative estimate of drug-likeness (QED) is 0.747. The van der Waals surface area contributed by atoms with Crippen molar-refractivity contribution < 1.29 is 5.11 Å². The van der Waals surface area contributed by atoms with Gasteiger partial charge in [0.1, 0.15) is 0 Å². The Bertz CT molecular complexity index is 238. The maximum absolute atomic E-state index is 9.15. The Morgan fingerprint density at radius 3 is 2.92 bits per heavy atom. The molecule has 1 aliphatic rings. The first-order chi connectivity index (χ1) is 5.85. The summed E-state index contributed by atoms with van der Waals surface area (Å²) in [5.74, 6) is 0. The number of aliphatic hydroxyl groups is 1. The van der Waals surface area contributed by atoms with Crippen molar-refractivity contribution in [2.75, 3.05) is 11.9 Å². The highest BCUT2D eigenvalue weighted by Crippen LogP contribution is 2.35. The molecule has 0 aromatic carbocycles. The van der Waals surface area contributed by atoms with Crippen LogP contribution in [0.25, 0.3) is 0 Å². The molecule has 1 fully saturated rings. The highest BCUT2D eigenvalue weighted by atomic mass is 32.1. The van der Waals surface area contributed by atoms with Crippen LogP contribution in [0, 0.1) is 0 Å². The molecule has 2 rings (SSSR count). The van der Waals surface area contributed by atoms with E-state index in [9.17, 15) is 0 Å². The molecule has 66 valence electrons. The van der Waals surface area contributed by atoms with Gasteiger partial charge in [0, 0.05) is 11.6 Å². The van der Waals surface area contributed by atoms with Crippen molar-refractivity contribution in [3.05, 3.63) is 11.6 Å². The average molecular weight is 184 g/mol. The first kappa shape index (κ1) is 8.01. The predicted molar refractivity (Wildman–Crippen MR) is 49.4 cm³/mol. The van der Waals surface area contributed by atoms with Gasteiger partial charge in [-0.2, -0.15) is 0 Å². The fraction of sp³-hybridized carbons (Fsp3) is 0.625. The Hall–Kier alpha value is -0.610. The van der Waals surface area contributed by atoms with Gasteiger partial charge in [0.2, 0.25) is 0 Å². The van der Waals surface area contributed by atoms with E-state index in [0.29, 0.717) is 0 Å². The van der Waals surface area contributed by atoms with Crippen molar-refractivity contribution in [1.29, 1.82) is 0 Å². The smallest absolute Gasteiger partial charge is 0.183 e. The molecule has 0 atom stereocenters. The minimum atomic E-state index is -0.0577. The lowest BCUT2D eigenvalue weighted by molar-refractivity contribution is 0.144. The normalized spacial score (nSPS) is 20.1. The molecule has 12 heavy (non-hydrogen) atoms. The van der Waals surface area contributed by atoms with Crippen molar-refractivity contribution in [2.24, 2.45) is 0 Å². The molecule has 0 radical (unpaired) electrons. The van der Waals surface area contributed by atoms with Crippen LogP contribution in [0.4, 0.5) is 5.13 Å². The molecular formula is C8H12N2OS. The monoisotopic (exact) mass is 184 g/mol. The van der Waals surface area contributed by atoms with Gasteiger partial charge in [-0.15, -0.1) is 11.3 Å². The number of thiazole rings is 1. The summed E-state index contributed by atoms with van der Waals surface area (Å²) in [6.07, 6.45) is 5.10. The van der Waals surface area contributed by atoms with E-state index in [4.69, 9.17) is 5.11 Å². The third-order valence-electron chi connectivity index (χ3n) is 2.42. The molecule has 2 N–H and O–H groups in total. The summed E-state index contributed by atoms with van der Waals surface area (Å²) in [6.45, 7) is 0.215. The molecule has 0 aliphatic heterocycles. The van der Waals surface area contributed by atoms with Crippen LogP contribution in [0.15, 0.2) is 11.6 Å². The molecule has 4 heteroatoms. The highest BCUT2D eigenvalue weighted by molar-refractivity contribution is 7.13. The second-order valence-corrected chi connectivity index (χ2v) is 4.15. The zero-order valence-corrected chi connectivity index (χ0v) is 7.60. The van der Waals surface area contributed by atoms with E-state index in [0.717, 1.165) is 18.0 Å². The molecule has 0 bridgehead atoms. The SMILES string of the molecule is OCC1(Nc2nccs2)CCC1. The number of aromatic nitrogens is 1. The molecule has 1 aromatic rings. The fourth-order valence-electron chi connectivity index (χ4n) is 1.44. The minimum absolute atomic E-state index is 0.0577. The zero-order valence-electron chi connectivity index (χ0n) is 6.79. The Kier molecular flexibility index (Phi) is 2.02. The number of rotatable bonds is 3. The molecule has 0 amide bonds. The maximum Gasteiger partial charge on any atom is 0.183 e. The van der Waals surface area contributed by atoms with E-state index in [-0.39, 0.29) is 12.1 Å². The van der Waals surface area contributed by atoms with Gasteiger partial charge in [0.15, 0.2) is 5.13 Å². The van der Waals surface area contributed by atoms with Crippen molar-refractivity contribution in [2.45, 2.75) is 24.8 Å². The summed E-state index contributed by atoms with van der Waals surface area (Å²) in [5.41, 5.74) is -0.0577. The van der Waals surface area contributed by atoms with Crippen LogP contribution in [-0.4, -0.2) is 22.2 Å². The van der Waals surface area contributed by atoms with Gasteiger partial charge in [-0.25, -0.2) is 4.98 Å². The van der Waals surface area contributed by atoms with E-state index in [2.05, 4.69) is 10.3 Å². The van der Waals surface area contributed by atoms with Crippen LogP contribution in [0.2, 0.25) is 0 Å². The number of hydrogen-bond donors (Lipinski definition) is 2. The largest absolute Gasteiger partial charge is 0.394 e. The van der Waals surface area contributed by atoms with Crippen molar-refractivity contribution >= 4 is 16.5 Å². The fourth-order valence-corrected chi connectivity index (χ4v) is 2.09. The van der Waals surface area contributed by atoms with Crippen LogP contribution in [-0.2, 0) is 0 Å². The Balaban J connectivity index is 2.01. The molecule has 1 aromatic heterocycles. The molecule has 1 heterocycles. The zero-order chi connectivity index (χ0) is 8.44. The first-order valence-electron chi connectivity index (χ1n) is 4.13. The van der Waals surface area contributed by atoms with E-state index < -0.39 is 0 Å². The summed E-state index contributed by atoms with van der Waals surface area (Å²) in [6, 6.07) is 0. The van der Waals surface area contributed by atoms with Crippen molar-refractivity contribution in [3.8, 4) is 0 Å². The number of anilines is 1. The van der Waals surface area contributed by atoms with Crippen LogP contribution in [0.5, 0.6) is 0 Å². The second-order valence-electron chi connectivity index (χ2n) is 3.25. The maximum atomic E-state index is 9.15. The van der Waals surface area contributed by atoms with Gasteiger partial charge in [-0.3, -0.25) is 0 Å². The summed E-state index contributed by atoms with van der Waals surface area (Å²) in [7, 11) is 0. The van der Waals surface area contributed by atoms with Gasteiger partial charge >= 0.3 is 0 Å². The first-order valence-corrected chi connectivity index (χ1v) is 5.01. The lowest BCUT2D eigenvalue weighted by Crippen LogP contribution is -2.48. The molecule has 0 unspecified atom stereocenters. The van der Waals surface area contributed by atoms with Gasteiger partial charge in [0.25, 0.3) is 0 Å². The molecule has 1 saturated carbocycles. The molecular weight excluding hydrogens is 172 g/mol. The summed E-state index contributed by atoms with van der Waals surface area (Å²) in [4.78, 5) is 4.13. The number of nitrogens with zero attached hydrogens (tertiary/aromatic N) is 1. The molecule has 0 spiro atoms. The van der Waals surface area contributed by atoms with Gasteiger partial charge in [-0.1, -0.05) is 0 Å². The van der Waals surface area contributed by atoms with Gasteiger partial charge < -0.3 is 10.4 Å². The van der Waals surface area contributed by atoms with E-state index in [1.165, 1.54) is 6.42 Å². The van der Waals surface area contributed by atoms with E-state index >= 15 is 0 Å². The lowest BCUT2D eigenvalue weighted by atomic mass is 9.77. The third kappa shape index (κ3) is 1.32. The van der Waals surface area contributed by atoms with E-state index in [1.807, 2.05) is 5.38 Å². The Morgan fingerprint density at radius 1 is 1.67 bits per heavy atom. The van der Waals surface area contributed by atoms with Crippen LogP contribution in [0.3, 0.4) is 0 Å². The summed E-state index contributed by atoms with van der Waals surface area (Å²) in [5, 5.41) is 15.3. The second kappa shape index (κ2) is 3.03. The Labute approximate surface area is 75.5 Å². The molecule has 0 saturated heterocycles. The standard InChI is InChI=1S/C8H12N2OS/c11-6-8(2-1-3-8)10-7-9-4-5-12-7/h4-5,11H,1-3,6H2,(H,9,10). The Morgan fingerprint density at radius 2 is 2.50 bits per heavy atom. The van der Waals surface area contributed by atoms with Crippen LogP contribution >= 0.6 is 11.3 Å². The highest BCUT2D eigenvalue weighted by Gasteiger charge is 2.36. The molecule has 1 aliphatic carbocycles. The predicted octanol–water partition coefficient (Wildman–Crippen LogP) is 1.47. The van der Waals surface area contributed by atoms with Crippen LogP contribution in [0.1, 0.15) is 19.3 Å². The number of aliphatic hydroxyl groups excluding tert-OH is 1. The van der Waals surface area contributed by atoms with E-state index in [1.54, 1.807) is 17.5 Å². The average Bonchev–Trinajstić information content (AvgIpc) is 2.49. The van der Waals surface area contributed by atoms with Gasteiger partial charge in [0.05, 0.1) is 12.1 Å². The summed E-state index contributed by atoms with van der Waals surface area (Å²) < 4.78 is 0. The third-order valence-corrected chi connectivity index (χ3v) is 3.11. The van der Waals surface area contributed by atoms with Crippen LogP contribution < -0.4 is 5.32 Å². The summed E-state index contributed by atoms with van der Waals surface area (Å²) >= 11 is 1.58. The number of nitrogens with one attached hydrogen (secondary N) is 1. The van der Waals surface area contributed by atoms with Crippen molar-refractivity contribution in [1.82, 2.24) is 4.98 Å². The number of hydrogen-bond acceptors (Lipinski definition) is 4. The van der Waals surface area contributed by atoms with Crippen molar-refractivity contribution in [3.63, 3.8) is 0 Å². The minimum Gasteiger partial charge on any atom is -0.394 e.